The summed E-state index contributed by atoms with van der Waals surface area (Å²) in [5.74, 6) is -1.20. The van der Waals surface area contributed by atoms with Crippen LogP contribution in [0.15, 0.2) is 48.5 Å². The van der Waals surface area contributed by atoms with Gasteiger partial charge in [0.25, 0.3) is 11.8 Å². The highest BCUT2D eigenvalue weighted by atomic mass is 16.2. The Bertz CT molecular complexity index is 1090. The van der Waals surface area contributed by atoms with Gasteiger partial charge in [0.2, 0.25) is 11.8 Å². The first-order valence-electron chi connectivity index (χ1n) is 12.0. The molecule has 3 N–H and O–H groups in total. The van der Waals surface area contributed by atoms with Gasteiger partial charge >= 0.3 is 0 Å². The zero-order chi connectivity index (χ0) is 25.6. The van der Waals surface area contributed by atoms with E-state index in [0.717, 1.165) is 12.8 Å². The topological polar surface area (TPSA) is 108 Å². The summed E-state index contributed by atoms with van der Waals surface area (Å²) in [5, 5.41) is 8.53. The van der Waals surface area contributed by atoms with Gasteiger partial charge in [0, 0.05) is 36.3 Å². The van der Waals surface area contributed by atoms with Crippen molar-refractivity contribution in [1.29, 1.82) is 0 Å². The Labute approximate surface area is 206 Å². The average Bonchev–Trinajstić information content (AvgIpc) is 3.18. The molecule has 0 spiro atoms. The molecule has 0 aromatic heterocycles. The van der Waals surface area contributed by atoms with Gasteiger partial charge in [-0.1, -0.05) is 25.5 Å². The molecule has 0 radical (unpaired) electrons. The third-order valence-electron chi connectivity index (χ3n) is 5.69. The van der Waals surface area contributed by atoms with Crippen LogP contribution >= 0.6 is 0 Å². The Morgan fingerprint density at radius 3 is 2.31 bits per heavy atom. The van der Waals surface area contributed by atoms with Gasteiger partial charge < -0.3 is 20.9 Å². The van der Waals surface area contributed by atoms with E-state index >= 15 is 0 Å². The van der Waals surface area contributed by atoms with Gasteiger partial charge in [0.15, 0.2) is 0 Å². The molecule has 0 bridgehead atoms. The number of hydrogen-bond donors (Lipinski definition) is 3. The molecule has 1 aliphatic rings. The predicted molar refractivity (Wildman–Crippen MR) is 136 cm³/mol. The van der Waals surface area contributed by atoms with Crippen LogP contribution in [0, 0.1) is 5.92 Å². The number of benzene rings is 2. The minimum atomic E-state index is -0.409. The van der Waals surface area contributed by atoms with Crippen molar-refractivity contribution in [1.82, 2.24) is 10.2 Å². The molecule has 0 unspecified atom stereocenters. The number of likely N-dealkylation sites (tertiary alicyclic amines) is 1. The Hall–Kier alpha value is -3.68. The van der Waals surface area contributed by atoms with Crippen LogP contribution in [0.2, 0.25) is 0 Å². The molecular weight excluding hydrogens is 444 g/mol. The lowest BCUT2D eigenvalue weighted by Crippen LogP contribution is -2.40. The molecule has 1 saturated heterocycles. The summed E-state index contributed by atoms with van der Waals surface area (Å²) < 4.78 is 0. The summed E-state index contributed by atoms with van der Waals surface area (Å²) in [6, 6.07) is 13.3. The fourth-order valence-corrected chi connectivity index (χ4v) is 3.85. The smallest absolute Gasteiger partial charge is 0.255 e. The number of anilines is 2. The number of unbranched alkanes of at least 4 members (excludes halogenated alkanes) is 1. The lowest BCUT2D eigenvalue weighted by molar-refractivity contribution is -0.128. The standard InChI is InChI=1S/C27H34N4O4/c1-5-6-15-31-17-19(16-23(31)32)25(34)28-20-13-11-18(12-14-20)24(33)29-22-10-8-7-9-21(22)26(35)30-27(2,3)4/h7-14,19H,5-6,15-17H2,1-4H3,(H,28,34)(H,29,33)(H,30,35)/t19-/m0/s1. The summed E-state index contributed by atoms with van der Waals surface area (Å²) >= 11 is 0. The van der Waals surface area contributed by atoms with Crippen molar-refractivity contribution in [3.63, 3.8) is 0 Å². The highest BCUT2D eigenvalue weighted by Crippen LogP contribution is 2.22. The van der Waals surface area contributed by atoms with Crippen molar-refractivity contribution in [3.05, 3.63) is 59.7 Å². The van der Waals surface area contributed by atoms with Gasteiger partial charge in [0.1, 0.15) is 0 Å². The number of hydrogen-bond acceptors (Lipinski definition) is 4. The van der Waals surface area contributed by atoms with E-state index in [4.69, 9.17) is 0 Å². The molecule has 8 nitrogen and oxygen atoms in total. The molecule has 1 heterocycles. The van der Waals surface area contributed by atoms with E-state index in [1.165, 1.54) is 0 Å². The van der Waals surface area contributed by atoms with Crippen LogP contribution in [-0.2, 0) is 9.59 Å². The van der Waals surface area contributed by atoms with Gasteiger partial charge in [-0.25, -0.2) is 0 Å². The van der Waals surface area contributed by atoms with Crippen molar-refractivity contribution in [2.24, 2.45) is 5.92 Å². The lowest BCUT2D eigenvalue weighted by Gasteiger charge is -2.21. The van der Waals surface area contributed by atoms with Crippen LogP contribution in [0.25, 0.3) is 0 Å². The van der Waals surface area contributed by atoms with E-state index in [1.807, 2.05) is 20.8 Å². The Balaban J connectivity index is 1.61. The van der Waals surface area contributed by atoms with E-state index in [9.17, 15) is 19.2 Å². The second kappa shape index (κ2) is 11.2. The minimum absolute atomic E-state index is 0.0158. The molecule has 0 saturated carbocycles. The van der Waals surface area contributed by atoms with Gasteiger partial charge in [-0.2, -0.15) is 0 Å². The lowest BCUT2D eigenvalue weighted by atomic mass is 10.1. The fourth-order valence-electron chi connectivity index (χ4n) is 3.85. The monoisotopic (exact) mass is 478 g/mol. The maximum atomic E-state index is 12.8. The zero-order valence-electron chi connectivity index (χ0n) is 20.8. The molecule has 2 aromatic rings. The number of amides is 4. The Kier molecular flexibility index (Phi) is 8.27. The summed E-state index contributed by atoms with van der Waals surface area (Å²) in [7, 11) is 0. The third-order valence-corrected chi connectivity index (χ3v) is 5.69. The second-order valence-corrected chi connectivity index (χ2v) is 9.86. The van der Waals surface area contributed by atoms with E-state index in [0.29, 0.717) is 35.6 Å². The molecule has 8 heteroatoms. The van der Waals surface area contributed by atoms with Gasteiger partial charge in [0.05, 0.1) is 17.2 Å². The number of carbonyl (C=O) groups excluding carboxylic acids is 4. The molecule has 4 amide bonds. The first kappa shape index (κ1) is 25.9. The van der Waals surface area contributed by atoms with Crippen LogP contribution < -0.4 is 16.0 Å². The molecule has 1 fully saturated rings. The first-order valence-corrected chi connectivity index (χ1v) is 12.0. The predicted octanol–water partition coefficient (Wildman–Crippen LogP) is 4.05. The van der Waals surface area contributed by atoms with E-state index < -0.39 is 5.54 Å². The highest BCUT2D eigenvalue weighted by Gasteiger charge is 2.33. The molecule has 35 heavy (non-hydrogen) atoms. The molecule has 3 rings (SSSR count). The molecule has 1 atom stereocenters. The fraction of sp³-hybridized carbons (Fsp3) is 0.407. The summed E-state index contributed by atoms with van der Waals surface area (Å²) in [5.41, 5.74) is 1.31. The third kappa shape index (κ3) is 7.15. The van der Waals surface area contributed by atoms with Crippen LogP contribution in [0.3, 0.4) is 0 Å². The Morgan fingerprint density at radius 2 is 1.66 bits per heavy atom. The maximum absolute atomic E-state index is 12.8. The van der Waals surface area contributed by atoms with E-state index in [1.54, 1.807) is 53.4 Å². The van der Waals surface area contributed by atoms with Crippen LogP contribution in [0.5, 0.6) is 0 Å². The number of para-hydroxylation sites is 1. The first-order chi connectivity index (χ1) is 16.6. The largest absolute Gasteiger partial charge is 0.347 e. The molecule has 2 aromatic carbocycles. The van der Waals surface area contributed by atoms with Crippen LogP contribution in [0.4, 0.5) is 11.4 Å². The molecule has 186 valence electrons. The van der Waals surface area contributed by atoms with Gasteiger partial charge in [-0.3, -0.25) is 19.2 Å². The number of rotatable bonds is 8. The van der Waals surface area contributed by atoms with Crippen molar-refractivity contribution >= 4 is 35.0 Å². The molecular formula is C27H34N4O4. The van der Waals surface area contributed by atoms with Crippen molar-refractivity contribution < 1.29 is 19.2 Å². The summed E-state index contributed by atoms with van der Waals surface area (Å²) in [6.45, 7) is 8.85. The van der Waals surface area contributed by atoms with Crippen molar-refractivity contribution in [2.45, 2.75) is 52.5 Å². The van der Waals surface area contributed by atoms with E-state index in [-0.39, 0.29) is 36.0 Å². The van der Waals surface area contributed by atoms with E-state index in [2.05, 4.69) is 22.9 Å². The van der Waals surface area contributed by atoms with Gasteiger partial charge in [-0.15, -0.1) is 0 Å². The molecule has 1 aliphatic heterocycles. The molecule has 0 aliphatic carbocycles. The van der Waals surface area contributed by atoms with Crippen molar-refractivity contribution in [2.75, 3.05) is 23.7 Å². The Morgan fingerprint density at radius 1 is 0.971 bits per heavy atom. The average molecular weight is 479 g/mol. The zero-order valence-corrected chi connectivity index (χ0v) is 20.8. The quantitative estimate of drug-likeness (QED) is 0.532. The highest BCUT2D eigenvalue weighted by molar-refractivity contribution is 6.09. The summed E-state index contributed by atoms with van der Waals surface area (Å²) in [6.07, 6.45) is 2.14. The van der Waals surface area contributed by atoms with Gasteiger partial charge in [-0.05, 0) is 63.6 Å². The van der Waals surface area contributed by atoms with Crippen LogP contribution in [0.1, 0.15) is 67.7 Å². The van der Waals surface area contributed by atoms with Crippen molar-refractivity contribution in [3.8, 4) is 0 Å². The number of nitrogens with one attached hydrogen (secondary N) is 3. The number of nitrogens with zero attached hydrogens (tertiary/aromatic N) is 1. The maximum Gasteiger partial charge on any atom is 0.255 e. The van der Waals surface area contributed by atoms with Crippen LogP contribution in [-0.4, -0.2) is 47.2 Å². The minimum Gasteiger partial charge on any atom is -0.347 e. The number of carbonyl (C=O) groups is 4. The normalized spacial score (nSPS) is 15.6. The summed E-state index contributed by atoms with van der Waals surface area (Å²) in [4.78, 5) is 51.9. The SMILES string of the molecule is CCCCN1C[C@@H](C(=O)Nc2ccc(C(=O)Nc3ccccc3C(=O)NC(C)(C)C)cc2)CC1=O. The second-order valence-electron chi connectivity index (χ2n) is 9.86.